The molecule has 4 rings (SSSR count). The first-order chi connectivity index (χ1) is 16.6. The minimum Gasteiger partial charge on any atom is -0.0864 e. The van der Waals surface area contributed by atoms with Gasteiger partial charge in [0.2, 0.25) is 0 Å². The van der Waals surface area contributed by atoms with Gasteiger partial charge < -0.3 is 0 Å². The first kappa shape index (κ1) is 25.7. The number of halogens is 1. The highest BCUT2D eigenvalue weighted by molar-refractivity contribution is 14.1. The van der Waals surface area contributed by atoms with Gasteiger partial charge in [0.15, 0.2) is 0 Å². The molecule has 1 unspecified atom stereocenters. The fraction of sp³-hybridized carbons (Fsp3) is 0.515. The van der Waals surface area contributed by atoms with Gasteiger partial charge in [-0.15, -0.1) is 0 Å². The third-order valence-corrected chi connectivity index (χ3v) is 8.93. The van der Waals surface area contributed by atoms with E-state index in [0.29, 0.717) is 0 Å². The summed E-state index contributed by atoms with van der Waals surface area (Å²) >= 11 is 2.53. The van der Waals surface area contributed by atoms with Crippen molar-refractivity contribution in [2.75, 3.05) is 4.43 Å². The predicted molar refractivity (Wildman–Crippen MR) is 160 cm³/mol. The molecule has 1 atom stereocenters. The Labute approximate surface area is 222 Å². The SMILES string of the molecule is CCCCCCCCC1(CCCCCCI)c2cc(C)ccc2-c2c1cc(C)c1ccccc21. The van der Waals surface area contributed by atoms with Crippen molar-refractivity contribution in [1.29, 1.82) is 0 Å². The van der Waals surface area contributed by atoms with E-state index in [1.165, 1.54) is 115 Å². The summed E-state index contributed by atoms with van der Waals surface area (Å²) in [5.74, 6) is 0. The zero-order valence-corrected chi connectivity index (χ0v) is 23.8. The van der Waals surface area contributed by atoms with Crippen LogP contribution in [0.5, 0.6) is 0 Å². The Balaban J connectivity index is 1.77. The predicted octanol–water partition coefficient (Wildman–Crippen LogP) is 10.9. The molecule has 0 N–H and O–H groups in total. The highest BCUT2D eigenvalue weighted by atomic mass is 127. The normalized spacial score (nSPS) is 16.7. The van der Waals surface area contributed by atoms with Gasteiger partial charge in [-0.1, -0.05) is 141 Å². The molecule has 1 aliphatic carbocycles. The summed E-state index contributed by atoms with van der Waals surface area (Å²) < 4.78 is 1.29. The smallest absolute Gasteiger partial charge is 0.0215 e. The second-order valence-electron chi connectivity index (χ2n) is 10.7. The zero-order chi connectivity index (χ0) is 24.0. The Bertz CT molecular complexity index is 1100. The fourth-order valence-electron chi connectivity index (χ4n) is 6.39. The van der Waals surface area contributed by atoms with E-state index in [1.807, 2.05) is 0 Å². The average Bonchev–Trinajstić information content (AvgIpc) is 3.10. The maximum Gasteiger partial charge on any atom is 0.0215 e. The molecule has 1 heteroatoms. The molecule has 0 aromatic heterocycles. The van der Waals surface area contributed by atoms with Crippen LogP contribution in [0.15, 0.2) is 48.5 Å². The summed E-state index contributed by atoms with van der Waals surface area (Å²) in [6.45, 7) is 6.92. The van der Waals surface area contributed by atoms with Crippen molar-refractivity contribution in [3.63, 3.8) is 0 Å². The first-order valence-corrected chi connectivity index (χ1v) is 15.3. The monoisotopic (exact) mass is 566 g/mol. The molecule has 0 saturated carbocycles. The van der Waals surface area contributed by atoms with E-state index in [4.69, 9.17) is 0 Å². The van der Waals surface area contributed by atoms with E-state index < -0.39 is 0 Å². The zero-order valence-electron chi connectivity index (χ0n) is 21.7. The van der Waals surface area contributed by atoms with Gasteiger partial charge in [0.1, 0.15) is 0 Å². The van der Waals surface area contributed by atoms with Crippen molar-refractivity contribution >= 4 is 33.4 Å². The molecule has 0 spiro atoms. The lowest BCUT2D eigenvalue weighted by Crippen LogP contribution is -2.26. The number of fused-ring (bicyclic) bond motifs is 5. The van der Waals surface area contributed by atoms with Crippen LogP contribution >= 0.6 is 22.6 Å². The van der Waals surface area contributed by atoms with Gasteiger partial charge in [-0.2, -0.15) is 0 Å². The van der Waals surface area contributed by atoms with Crippen LogP contribution in [-0.4, -0.2) is 4.43 Å². The van der Waals surface area contributed by atoms with E-state index >= 15 is 0 Å². The average molecular weight is 567 g/mol. The Morgan fingerprint density at radius 2 is 1.32 bits per heavy atom. The molecule has 0 nitrogen and oxygen atoms in total. The lowest BCUT2D eigenvalue weighted by molar-refractivity contribution is 0.399. The Kier molecular flexibility index (Phi) is 9.13. The third kappa shape index (κ3) is 5.25. The van der Waals surface area contributed by atoms with Crippen LogP contribution in [0, 0.1) is 13.8 Å². The second-order valence-corrected chi connectivity index (χ2v) is 11.7. The Hall–Kier alpha value is -1.35. The summed E-state index contributed by atoms with van der Waals surface area (Å²) in [4.78, 5) is 0. The first-order valence-electron chi connectivity index (χ1n) is 13.8. The third-order valence-electron chi connectivity index (χ3n) is 8.17. The van der Waals surface area contributed by atoms with E-state index in [9.17, 15) is 0 Å². The lowest BCUT2D eigenvalue weighted by Gasteiger charge is -2.33. The molecule has 182 valence electrons. The maximum absolute atomic E-state index is 2.58. The lowest BCUT2D eigenvalue weighted by atomic mass is 9.70. The molecule has 0 fully saturated rings. The molecule has 0 aliphatic heterocycles. The van der Waals surface area contributed by atoms with Crippen LogP contribution in [0.4, 0.5) is 0 Å². The van der Waals surface area contributed by atoms with E-state index in [1.54, 1.807) is 11.1 Å². The summed E-state index contributed by atoms with van der Waals surface area (Å²) in [7, 11) is 0. The van der Waals surface area contributed by atoms with Crippen molar-refractivity contribution < 1.29 is 0 Å². The molecule has 0 heterocycles. The number of unbranched alkanes of at least 4 members (excludes halogenated alkanes) is 8. The van der Waals surface area contributed by atoms with Crippen LogP contribution in [-0.2, 0) is 5.41 Å². The molecule has 0 bridgehead atoms. The number of benzene rings is 3. The molecule has 0 radical (unpaired) electrons. The highest BCUT2D eigenvalue weighted by Gasteiger charge is 2.43. The van der Waals surface area contributed by atoms with Gasteiger partial charge in [-0.25, -0.2) is 0 Å². The van der Waals surface area contributed by atoms with Gasteiger partial charge in [0.05, 0.1) is 0 Å². The van der Waals surface area contributed by atoms with Crippen molar-refractivity contribution in [3.8, 4) is 11.1 Å². The largest absolute Gasteiger partial charge is 0.0864 e. The molecule has 3 aromatic rings. The van der Waals surface area contributed by atoms with Crippen LogP contribution < -0.4 is 0 Å². The van der Waals surface area contributed by atoms with E-state index in [0.717, 1.165) is 0 Å². The summed E-state index contributed by atoms with van der Waals surface area (Å²) in [5, 5.41) is 2.88. The molecule has 0 saturated heterocycles. The molecular formula is C33H43I. The molecule has 34 heavy (non-hydrogen) atoms. The summed E-state index contributed by atoms with van der Waals surface area (Å²) in [6, 6.07) is 19.0. The van der Waals surface area contributed by atoms with Crippen molar-refractivity contribution in [2.24, 2.45) is 0 Å². The Morgan fingerprint density at radius 3 is 2.03 bits per heavy atom. The van der Waals surface area contributed by atoms with Crippen molar-refractivity contribution in [2.45, 2.75) is 103 Å². The second kappa shape index (κ2) is 12.1. The van der Waals surface area contributed by atoms with Gasteiger partial charge in [0.25, 0.3) is 0 Å². The molecule has 0 amide bonds. The summed E-state index contributed by atoms with van der Waals surface area (Å²) in [5.41, 5.74) is 9.33. The van der Waals surface area contributed by atoms with Crippen molar-refractivity contribution in [1.82, 2.24) is 0 Å². The maximum atomic E-state index is 2.58. The fourth-order valence-corrected chi connectivity index (χ4v) is 6.93. The van der Waals surface area contributed by atoms with Gasteiger partial charge in [-0.3, -0.25) is 0 Å². The van der Waals surface area contributed by atoms with E-state index in [2.05, 4.69) is 91.9 Å². The van der Waals surface area contributed by atoms with Crippen molar-refractivity contribution in [3.05, 3.63) is 70.8 Å². The highest BCUT2D eigenvalue weighted by Crippen LogP contribution is 2.56. The van der Waals surface area contributed by atoms with Crippen LogP contribution in [0.1, 0.15) is 106 Å². The minimum absolute atomic E-state index is 0.181. The standard InChI is InChI=1S/C33H43I/c1-4-5-6-7-8-13-20-33(21-14-9-10-15-22-34)30-23-25(2)18-19-29(30)32-28-17-12-11-16-27(28)26(3)24-31(32)33/h11-12,16-19,23-24H,4-10,13-15,20-22H2,1-3H3. The summed E-state index contributed by atoms with van der Waals surface area (Å²) in [6.07, 6.45) is 16.3. The van der Waals surface area contributed by atoms with E-state index in [-0.39, 0.29) is 5.41 Å². The number of hydrogen-bond acceptors (Lipinski definition) is 0. The van der Waals surface area contributed by atoms with Gasteiger partial charge >= 0.3 is 0 Å². The Morgan fingerprint density at radius 1 is 0.676 bits per heavy atom. The molecule has 1 aliphatic rings. The quantitative estimate of drug-likeness (QED) is 0.110. The number of hydrogen-bond donors (Lipinski definition) is 0. The van der Waals surface area contributed by atoms with Gasteiger partial charge in [-0.05, 0) is 76.1 Å². The molecule has 3 aromatic carbocycles. The van der Waals surface area contributed by atoms with Crippen LogP contribution in [0.2, 0.25) is 0 Å². The molecular weight excluding hydrogens is 523 g/mol. The number of alkyl halides is 1. The van der Waals surface area contributed by atoms with Crippen LogP contribution in [0.3, 0.4) is 0 Å². The minimum atomic E-state index is 0.181. The van der Waals surface area contributed by atoms with Gasteiger partial charge in [0, 0.05) is 5.41 Å². The number of aryl methyl sites for hydroxylation is 2. The number of rotatable bonds is 13. The topological polar surface area (TPSA) is 0 Å². The van der Waals surface area contributed by atoms with Crippen LogP contribution in [0.25, 0.3) is 21.9 Å².